The fraction of sp³-hybridized carbons (Fsp3) is 0.100. The van der Waals surface area contributed by atoms with Gasteiger partial charge in [-0.3, -0.25) is 5.10 Å². The van der Waals surface area contributed by atoms with Crippen LogP contribution < -0.4 is 0 Å². The number of H-pyrrole nitrogens is 1. The number of benzene rings is 1. The van der Waals surface area contributed by atoms with Gasteiger partial charge in [0.1, 0.15) is 24.0 Å². The Bertz CT molecular complexity index is 1010. The summed E-state index contributed by atoms with van der Waals surface area (Å²) in [6.45, 7) is 0. The Morgan fingerprint density at radius 2 is 2.00 bits per heavy atom. The summed E-state index contributed by atoms with van der Waals surface area (Å²) in [5.41, 5.74) is 5.38. The van der Waals surface area contributed by atoms with Gasteiger partial charge in [-0.2, -0.15) is 5.10 Å². The SMILES string of the molecule is C1=CC(c2ccccc2)(c2ccncn2)Cc2[nH]nc(-c3cocn3)c21. The molecule has 0 spiro atoms. The number of nitrogens with one attached hydrogen (secondary N) is 1. The molecule has 0 saturated carbocycles. The van der Waals surface area contributed by atoms with E-state index in [0.29, 0.717) is 0 Å². The predicted octanol–water partition coefficient (Wildman–Crippen LogP) is 3.41. The summed E-state index contributed by atoms with van der Waals surface area (Å²) in [6.07, 6.45) is 11.4. The maximum atomic E-state index is 5.10. The summed E-state index contributed by atoms with van der Waals surface area (Å²) >= 11 is 0. The van der Waals surface area contributed by atoms with Gasteiger partial charge in [0, 0.05) is 23.9 Å². The normalized spacial score (nSPS) is 18.6. The Hall–Kier alpha value is -3.54. The summed E-state index contributed by atoms with van der Waals surface area (Å²) in [5.74, 6) is 0. The van der Waals surface area contributed by atoms with E-state index in [1.807, 2.05) is 12.1 Å². The van der Waals surface area contributed by atoms with Crippen LogP contribution in [-0.4, -0.2) is 25.1 Å². The molecule has 0 bridgehead atoms. The maximum Gasteiger partial charge on any atom is 0.181 e. The van der Waals surface area contributed by atoms with Crippen molar-refractivity contribution < 1.29 is 4.42 Å². The first-order valence-corrected chi connectivity index (χ1v) is 8.34. The van der Waals surface area contributed by atoms with Gasteiger partial charge in [0.25, 0.3) is 0 Å². The van der Waals surface area contributed by atoms with Crippen LogP contribution in [0, 0.1) is 0 Å². The van der Waals surface area contributed by atoms with Gasteiger partial charge in [-0.1, -0.05) is 42.5 Å². The zero-order chi connectivity index (χ0) is 17.4. The lowest BCUT2D eigenvalue weighted by molar-refractivity contribution is 0.558. The van der Waals surface area contributed by atoms with Gasteiger partial charge in [0.05, 0.1) is 11.1 Å². The number of aromatic amines is 1. The van der Waals surface area contributed by atoms with Crippen LogP contribution in [0.5, 0.6) is 0 Å². The van der Waals surface area contributed by atoms with E-state index in [2.05, 4.69) is 61.6 Å². The van der Waals surface area contributed by atoms with E-state index in [-0.39, 0.29) is 5.41 Å². The molecule has 0 saturated heterocycles. The third-order valence-electron chi connectivity index (χ3n) is 4.88. The molecule has 1 aliphatic carbocycles. The molecule has 6 heteroatoms. The maximum absolute atomic E-state index is 5.10. The average molecular weight is 341 g/mol. The number of nitrogens with zero attached hydrogens (tertiary/aromatic N) is 4. The molecule has 1 N–H and O–H groups in total. The minimum Gasteiger partial charge on any atom is -0.451 e. The Morgan fingerprint density at radius 3 is 2.77 bits per heavy atom. The fourth-order valence-corrected chi connectivity index (χ4v) is 3.60. The Morgan fingerprint density at radius 1 is 1.08 bits per heavy atom. The molecule has 6 nitrogen and oxygen atoms in total. The van der Waals surface area contributed by atoms with Crippen molar-refractivity contribution in [3.8, 4) is 11.4 Å². The highest BCUT2D eigenvalue weighted by molar-refractivity contribution is 5.74. The third kappa shape index (κ3) is 2.19. The van der Waals surface area contributed by atoms with E-state index in [0.717, 1.165) is 34.8 Å². The van der Waals surface area contributed by atoms with Gasteiger partial charge < -0.3 is 4.42 Å². The van der Waals surface area contributed by atoms with Gasteiger partial charge in [-0.15, -0.1) is 0 Å². The summed E-state index contributed by atoms with van der Waals surface area (Å²) in [5, 5.41) is 7.64. The third-order valence-corrected chi connectivity index (χ3v) is 4.88. The summed E-state index contributed by atoms with van der Waals surface area (Å²) < 4.78 is 5.10. The van der Waals surface area contributed by atoms with Crippen LogP contribution in [-0.2, 0) is 11.8 Å². The minimum absolute atomic E-state index is 0.370. The van der Waals surface area contributed by atoms with Crippen molar-refractivity contribution in [1.29, 1.82) is 0 Å². The number of rotatable bonds is 3. The van der Waals surface area contributed by atoms with Crippen molar-refractivity contribution in [3.63, 3.8) is 0 Å². The van der Waals surface area contributed by atoms with E-state index in [1.165, 1.54) is 12.0 Å². The summed E-state index contributed by atoms with van der Waals surface area (Å²) in [7, 11) is 0. The van der Waals surface area contributed by atoms with Crippen molar-refractivity contribution >= 4 is 6.08 Å². The predicted molar refractivity (Wildman–Crippen MR) is 96.1 cm³/mol. The first-order chi connectivity index (χ1) is 12.9. The number of oxazole rings is 1. The van der Waals surface area contributed by atoms with Crippen molar-refractivity contribution in [2.75, 3.05) is 0 Å². The highest BCUT2D eigenvalue weighted by Crippen LogP contribution is 2.41. The van der Waals surface area contributed by atoms with Gasteiger partial charge in [-0.25, -0.2) is 15.0 Å². The van der Waals surface area contributed by atoms with E-state index in [1.54, 1.807) is 18.8 Å². The molecule has 1 unspecified atom stereocenters. The molecule has 3 aromatic heterocycles. The molecule has 126 valence electrons. The van der Waals surface area contributed by atoms with Gasteiger partial charge in [0.15, 0.2) is 6.39 Å². The second-order valence-corrected chi connectivity index (χ2v) is 6.28. The van der Waals surface area contributed by atoms with Crippen molar-refractivity contribution in [2.45, 2.75) is 11.8 Å². The molecule has 0 fully saturated rings. The molecule has 1 atom stereocenters. The quantitative estimate of drug-likeness (QED) is 0.617. The molecule has 4 aromatic rings. The molecule has 3 heterocycles. The minimum atomic E-state index is -0.370. The smallest absolute Gasteiger partial charge is 0.181 e. The second kappa shape index (κ2) is 5.77. The van der Waals surface area contributed by atoms with Crippen LogP contribution in [0.3, 0.4) is 0 Å². The van der Waals surface area contributed by atoms with Crippen molar-refractivity contribution in [2.24, 2.45) is 0 Å². The summed E-state index contributed by atoms with van der Waals surface area (Å²) in [6, 6.07) is 12.4. The average Bonchev–Trinajstić information content (AvgIpc) is 3.38. The zero-order valence-corrected chi connectivity index (χ0v) is 13.8. The number of hydrogen-bond donors (Lipinski definition) is 1. The zero-order valence-electron chi connectivity index (χ0n) is 13.8. The lowest BCUT2D eigenvalue weighted by atomic mass is 9.70. The van der Waals surface area contributed by atoms with Gasteiger partial charge in [-0.05, 0) is 11.6 Å². The van der Waals surface area contributed by atoms with E-state index in [9.17, 15) is 0 Å². The molecule has 1 aliphatic rings. The van der Waals surface area contributed by atoms with Crippen molar-refractivity contribution in [3.05, 3.63) is 90.2 Å². The molecule has 0 aliphatic heterocycles. The molecule has 26 heavy (non-hydrogen) atoms. The van der Waals surface area contributed by atoms with Crippen molar-refractivity contribution in [1.82, 2.24) is 25.1 Å². The number of hydrogen-bond acceptors (Lipinski definition) is 5. The molecule has 5 rings (SSSR count). The van der Waals surface area contributed by atoms with E-state index >= 15 is 0 Å². The Labute approximate surface area is 149 Å². The van der Waals surface area contributed by atoms with E-state index < -0.39 is 0 Å². The van der Waals surface area contributed by atoms with Crippen LogP contribution in [0.4, 0.5) is 0 Å². The van der Waals surface area contributed by atoms with Crippen LogP contribution in [0.15, 0.2) is 72.1 Å². The lowest BCUT2D eigenvalue weighted by Gasteiger charge is -2.33. The first-order valence-electron chi connectivity index (χ1n) is 8.34. The fourth-order valence-electron chi connectivity index (χ4n) is 3.60. The molecule has 1 aromatic carbocycles. The largest absolute Gasteiger partial charge is 0.451 e. The second-order valence-electron chi connectivity index (χ2n) is 6.28. The highest BCUT2D eigenvalue weighted by Gasteiger charge is 2.37. The lowest BCUT2D eigenvalue weighted by Crippen LogP contribution is -2.31. The first kappa shape index (κ1) is 14.8. The molecular formula is C20H15N5O. The van der Waals surface area contributed by atoms with Crippen LogP contribution >= 0.6 is 0 Å². The highest BCUT2D eigenvalue weighted by atomic mass is 16.3. The van der Waals surface area contributed by atoms with E-state index in [4.69, 9.17) is 4.42 Å². The van der Waals surface area contributed by atoms with Gasteiger partial charge >= 0.3 is 0 Å². The summed E-state index contributed by atoms with van der Waals surface area (Å²) in [4.78, 5) is 12.8. The van der Waals surface area contributed by atoms with Crippen LogP contribution in [0.1, 0.15) is 22.5 Å². The standard InChI is InChI=1S/C20H15N5O/c1-2-4-14(5-3-1)20(18-7-9-21-12-22-18)8-6-15-16(10-20)24-25-19(15)17-11-26-13-23-17/h1-9,11-13H,10H2,(H,24,25). The topological polar surface area (TPSA) is 80.5 Å². The number of fused-ring (bicyclic) bond motifs is 1. The van der Waals surface area contributed by atoms with Crippen LogP contribution in [0.2, 0.25) is 0 Å². The Balaban J connectivity index is 1.67. The monoisotopic (exact) mass is 341 g/mol. The molecule has 0 amide bonds. The number of aromatic nitrogens is 5. The molecular weight excluding hydrogens is 326 g/mol. The molecule has 0 radical (unpaired) electrons. The van der Waals surface area contributed by atoms with Gasteiger partial charge in [0.2, 0.25) is 0 Å². The Kier molecular flexibility index (Phi) is 3.28. The number of allylic oxidation sites excluding steroid dienone is 1. The van der Waals surface area contributed by atoms with Crippen LogP contribution in [0.25, 0.3) is 17.5 Å².